The number of halogens is 1. The van der Waals surface area contributed by atoms with Gasteiger partial charge in [-0.25, -0.2) is 4.39 Å². The van der Waals surface area contributed by atoms with E-state index in [1.54, 1.807) is 0 Å². The second kappa shape index (κ2) is 5.11. The van der Waals surface area contributed by atoms with Crippen molar-refractivity contribution in [1.29, 1.82) is 0 Å². The number of aromatic nitrogens is 2. The second-order valence-electron chi connectivity index (χ2n) is 4.10. The first-order valence-corrected chi connectivity index (χ1v) is 6.17. The molecule has 0 aromatic carbocycles. The molecule has 1 saturated heterocycles. The average Bonchev–Trinajstić information content (AvgIpc) is 2.63. The number of aliphatic hydroxyl groups is 2. The van der Waals surface area contributed by atoms with Gasteiger partial charge in [-0.3, -0.25) is 4.57 Å². The number of aromatic amines is 1. The third kappa shape index (κ3) is 2.24. The largest absolute Gasteiger partial charge is 0.394 e. The lowest BCUT2D eigenvalue weighted by Gasteiger charge is -2.26. The number of nitrogens with one attached hydrogen (secondary N) is 1. The Morgan fingerprint density at radius 1 is 1.63 bits per heavy atom. The van der Waals surface area contributed by atoms with Crippen molar-refractivity contribution in [3.05, 3.63) is 21.7 Å². The number of alkyl halides is 1. The van der Waals surface area contributed by atoms with Gasteiger partial charge in [0.15, 0.2) is 17.2 Å². The number of hydrogen-bond donors (Lipinski definition) is 3. The first-order chi connectivity index (χ1) is 8.93. The van der Waals surface area contributed by atoms with Crippen molar-refractivity contribution in [2.75, 3.05) is 6.61 Å². The predicted octanol–water partition coefficient (Wildman–Crippen LogP) is 0.867. The van der Waals surface area contributed by atoms with Gasteiger partial charge in [0.25, 0.3) is 0 Å². The standard InChI is InChI=1S/C11H11FN2O3S2/c1-2-11(16)8(12)6(5-15)17-9(11)14-4-3-7(18)13-10(14)19/h1,3-4,6,8-9,15-16H,5H2,(H,13,18,19). The molecule has 0 spiro atoms. The Hall–Kier alpha value is -1.11. The summed E-state index contributed by atoms with van der Waals surface area (Å²) >= 11 is 9.93. The highest BCUT2D eigenvalue weighted by atomic mass is 32.1. The first-order valence-electron chi connectivity index (χ1n) is 5.36. The highest BCUT2D eigenvalue weighted by Crippen LogP contribution is 2.39. The van der Waals surface area contributed by atoms with E-state index < -0.39 is 30.7 Å². The number of ether oxygens (including phenoxy) is 1. The molecular formula is C11H11FN2O3S2. The third-order valence-electron chi connectivity index (χ3n) is 2.94. The van der Waals surface area contributed by atoms with Crippen LogP contribution in [0.15, 0.2) is 12.3 Å². The molecule has 1 aromatic rings. The van der Waals surface area contributed by atoms with Gasteiger partial charge in [0.05, 0.1) is 6.61 Å². The Kier molecular flexibility index (Phi) is 3.85. The minimum Gasteiger partial charge on any atom is -0.394 e. The number of rotatable bonds is 2. The Morgan fingerprint density at radius 2 is 2.32 bits per heavy atom. The molecule has 3 N–H and O–H groups in total. The van der Waals surface area contributed by atoms with Gasteiger partial charge in [0.1, 0.15) is 10.7 Å². The predicted molar refractivity (Wildman–Crippen MR) is 70.1 cm³/mol. The van der Waals surface area contributed by atoms with E-state index in [-0.39, 0.29) is 4.77 Å². The molecule has 2 rings (SSSR count). The molecule has 1 aliphatic heterocycles. The summed E-state index contributed by atoms with van der Waals surface area (Å²) in [5.41, 5.74) is -2.21. The van der Waals surface area contributed by atoms with E-state index in [0.29, 0.717) is 4.64 Å². The number of nitrogens with zero attached hydrogens (tertiary/aromatic N) is 1. The molecule has 2 heterocycles. The van der Waals surface area contributed by atoms with Gasteiger partial charge in [-0.2, -0.15) is 0 Å². The molecule has 0 saturated carbocycles. The second-order valence-corrected chi connectivity index (χ2v) is 4.92. The smallest absolute Gasteiger partial charge is 0.204 e. The molecular weight excluding hydrogens is 291 g/mol. The fourth-order valence-electron chi connectivity index (χ4n) is 1.93. The van der Waals surface area contributed by atoms with Gasteiger partial charge in [-0.15, -0.1) is 6.42 Å². The Balaban J connectivity index is 2.52. The maximum Gasteiger partial charge on any atom is 0.204 e. The minimum atomic E-state index is -2.21. The summed E-state index contributed by atoms with van der Waals surface area (Å²) in [6, 6.07) is 1.50. The summed E-state index contributed by atoms with van der Waals surface area (Å²) < 4.78 is 21.1. The number of aliphatic hydroxyl groups excluding tert-OH is 1. The quantitative estimate of drug-likeness (QED) is 0.558. The molecule has 4 unspecified atom stereocenters. The molecule has 5 nitrogen and oxygen atoms in total. The fourth-order valence-corrected chi connectivity index (χ4v) is 2.42. The van der Waals surface area contributed by atoms with Crippen molar-refractivity contribution in [3.63, 3.8) is 0 Å². The number of terminal acetylenes is 1. The van der Waals surface area contributed by atoms with Crippen LogP contribution in [0.5, 0.6) is 0 Å². The fraction of sp³-hybridized carbons (Fsp3) is 0.455. The molecule has 1 fully saturated rings. The summed E-state index contributed by atoms with van der Waals surface area (Å²) in [4.78, 5) is 2.67. The lowest BCUT2D eigenvalue weighted by molar-refractivity contribution is -0.0739. The van der Waals surface area contributed by atoms with Crippen LogP contribution in [0.25, 0.3) is 0 Å². The summed E-state index contributed by atoms with van der Waals surface area (Å²) in [6.45, 7) is -0.599. The van der Waals surface area contributed by atoms with Crippen LogP contribution in [0.2, 0.25) is 0 Å². The Labute approximate surface area is 118 Å². The monoisotopic (exact) mass is 302 g/mol. The minimum absolute atomic E-state index is 0.136. The normalized spacial score (nSPS) is 34.1. The van der Waals surface area contributed by atoms with Gasteiger partial charge >= 0.3 is 0 Å². The Morgan fingerprint density at radius 3 is 2.84 bits per heavy atom. The maximum atomic E-state index is 14.0. The highest BCUT2D eigenvalue weighted by molar-refractivity contribution is 7.72. The molecule has 0 amide bonds. The molecule has 0 bridgehead atoms. The van der Waals surface area contributed by atoms with Crippen LogP contribution in [0, 0.1) is 21.8 Å². The zero-order valence-corrected chi connectivity index (χ0v) is 11.2. The lowest BCUT2D eigenvalue weighted by Crippen LogP contribution is -2.43. The van der Waals surface area contributed by atoms with Gasteiger partial charge in [-0.05, 0) is 18.3 Å². The van der Waals surface area contributed by atoms with Crippen molar-refractivity contribution in [1.82, 2.24) is 9.55 Å². The zero-order valence-electron chi connectivity index (χ0n) is 9.62. The van der Waals surface area contributed by atoms with Crippen molar-refractivity contribution >= 4 is 24.4 Å². The van der Waals surface area contributed by atoms with Gasteiger partial charge in [0.2, 0.25) is 5.60 Å². The molecule has 102 valence electrons. The molecule has 4 atom stereocenters. The third-order valence-corrected chi connectivity index (χ3v) is 3.49. The number of hydrogen-bond acceptors (Lipinski definition) is 5. The topological polar surface area (TPSA) is 70.4 Å². The van der Waals surface area contributed by atoms with E-state index in [0.717, 1.165) is 0 Å². The molecule has 1 aromatic heterocycles. The van der Waals surface area contributed by atoms with Crippen LogP contribution in [0.1, 0.15) is 6.23 Å². The zero-order chi connectivity index (χ0) is 14.2. The Bertz CT molecular complexity index is 638. The average molecular weight is 302 g/mol. The molecule has 19 heavy (non-hydrogen) atoms. The maximum absolute atomic E-state index is 14.0. The van der Waals surface area contributed by atoms with Gasteiger partial charge < -0.3 is 19.9 Å². The van der Waals surface area contributed by atoms with Crippen molar-refractivity contribution in [2.45, 2.75) is 24.1 Å². The SMILES string of the molecule is C#CC1(O)C(F)C(CO)OC1n1ccc(=S)[nH]c1=S. The van der Waals surface area contributed by atoms with Crippen molar-refractivity contribution in [2.24, 2.45) is 0 Å². The molecule has 0 radical (unpaired) electrons. The summed E-state index contributed by atoms with van der Waals surface area (Å²) in [5.74, 6) is 1.98. The summed E-state index contributed by atoms with van der Waals surface area (Å²) in [5, 5.41) is 19.3. The van der Waals surface area contributed by atoms with E-state index in [9.17, 15) is 9.50 Å². The molecule has 0 aliphatic carbocycles. The van der Waals surface area contributed by atoms with Crippen LogP contribution in [-0.4, -0.2) is 44.2 Å². The van der Waals surface area contributed by atoms with Gasteiger partial charge in [-0.1, -0.05) is 18.1 Å². The van der Waals surface area contributed by atoms with Crippen LogP contribution in [0.4, 0.5) is 4.39 Å². The van der Waals surface area contributed by atoms with Gasteiger partial charge in [0, 0.05) is 6.20 Å². The van der Waals surface area contributed by atoms with E-state index >= 15 is 0 Å². The van der Waals surface area contributed by atoms with Crippen LogP contribution in [-0.2, 0) is 4.74 Å². The van der Waals surface area contributed by atoms with E-state index in [4.69, 9.17) is 40.7 Å². The highest BCUT2D eigenvalue weighted by Gasteiger charge is 2.56. The molecule has 8 heteroatoms. The van der Waals surface area contributed by atoms with Crippen LogP contribution < -0.4 is 0 Å². The van der Waals surface area contributed by atoms with E-state index in [1.807, 2.05) is 5.92 Å². The van der Waals surface area contributed by atoms with E-state index in [2.05, 4.69) is 4.98 Å². The van der Waals surface area contributed by atoms with Crippen molar-refractivity contribution < 1.29 is 19.3 Å². The summed E-state index contributed by atoms with van der Waals surface area (Å²) in [7, 11) is 0. The van der Waals surface area contributed by atoms with Crippen molar-refractivity contribution in [3.8, 4) is 12.3 Å². The summed E-state index contributed by atoms with van der Waals surface area (Å²) in [6.07, 6.45) is 2.29. The lowest BCUT2D eigenvalue weighted by atomic mass is 9.96. The molecule has 1 aliphatic rings. The van der Waals surface area contributed by atoms with Crippen LogP contribution in [0.3, 0.4) is 0 Å². The number of H-pyrrole nitrogens is 1. The first kappa shape index (κ1) is 14.3. The van der Waals surface area contributed by atoms with Crippen LogP contribution >= 0.6 is 24.4 Å². The van der Waals surface area contributed by atoms with E-state index in [1.165, 1.54) is 16.8 Å².